The highest BCUT2D eigenvalue weighted by Gasteiger charge is 2.25. The number of thiophene rings is 1. The van der Waals surface area contributed by atoms with Crippen molar-refractivity contribution in [2.75, 3.05) is 13.6 Å². The van der Waals surface area contributed by atoms with Crippen LogP contribution in [0.2, 0.25) is 0 Å². The van der Waals surface area contributed by atoms with Gasteiger partial charge in [0.2, 0.25) is 5.71 Å². The lowest BCUT2D eigenvalue weighted by atomic mass is 10.0. The predicted octanol–water partition coefficient (Wildman–Crippen LogP) is 2.78. The Morgan fingerprint density at radius 1 is 1.12 bits per heavy atom. The summed E-state index contributed by atoms with van der Waals surface area (Å²) in [7, 11) is 2.19. The Hall–Kier alpha value is -1.41. The minimum absolute atomic E-state index is 1.12. The van der Waals surface area contributed by atoms with Gasteiger partial charge in [-0.15, -0.1) is 11.3 Å². The molecule has 2 aromatic rings. The number of likely N-dealkylation sites (N-methyl/N-ethyl adjacent to an activating group) is 1. The summed E-state index contributed by atoms with van der Waals surface area (Å²) in [6.45, 7) is 1.12. The molecule has 0 radical (unpaired) electrons. The van der Waals surface area contributed by atoms with Crippen LogP contribution in [-0.2, 0) is 6.42 Å². The first-order valence-corrected chi connectivity index (χ1v) is 6.44. The molecule has 80 valence electrons. The molecule has 0 amide bonds. The van der Waals surface area contributed by atoms with Crippen LogP contribution in [0, 0.1) is 0 Å². The molecule has 0 aliphatic carbocycles. The molecule has 0 N–H and O–H groups in total. The largest absolute Gasteiger partial charge is 0.231 e. The number of hydrogen-bond donors (Lipinski definition) is 0. The summed E-state index contributed by atoms with van der Waals surface area (Å²) < 4.78 is 2.37. The molecule has 0 spiro atoms. The van der Waals surface area contributed by atoms with Crippen LogP contribution in [0.5, 0.6) is 0 Å². The summed E-state index contributed by atoms with van der Waals surface area (Å²) in [6.07, 6.45) is 1.17. The Morgan fingerprint density at radius 2 is 1.94 bits per heavy atom. The summed E-state index contributed by atoms with van der Waals surface area (Å²) >= 11 is 1.85. The molecule has 0 fully saturated rings. The lowest BCUT2D eigenvalue weighted by Gasteiger charge is -2.12. The highest BCUT2D eigenvalue weighted by molar-refractivity contribution is 7.12. The Balaban J connectivity index is 2.19. The van der Waals surface area contributed by atoms with Gasteiger partial charge in [0.1, 0.15) is 18.5 Å². The van der Waals surface area contributed by atoms with E-state index >= 15 is 0 Å². The third-order valence-corrected chi connectivity index (χ3v) is 4.07. The maximum absolute atomic E-state index is 2.37. The monoisotopic (exact) mass is 228 g/mol. The Labute approximate surface area is 99.7 Å². The van der Waals surface area contributed by atoms with Gasteiger partial charge in [0.05, 0.1) is 0 Å². The first kappa shape index (κ1) is 9.79. The molecule has 0 saturated carbocycles. The highest BCUT2D eigenvalue weighted by atomic mass is 32.1. The summed E-state index contributed by atoms with van der Waals surface area (Å²) in [5.41, 5.74) is 4.22. The molecule has 1 aliphatic rings. The fourth-order valence-corrected chi connectivity index (χ4v) is 3.34. The second kappa shape index (κ2) is 3.87. The SMILES string of the molecule is C[N+]1=C(c2ccccc2)c2sccc2CC1. The van der Waals surface area contributed by atoms with Crippen LogP contribution in [0.15, 0.2) is 41.8 Å². The van der Waals surface area contributed by atoms with Crippen LogP contribution in [0.4, 0.5) is 0 Å². The summed E-state index contributed by atoms with van der Waals surface area (Å²) in [5.74, 6) is 0. The molecule has 2 heteroatoms. The quantitative estimate of drug-likeness (QED) is 0.660. The minimum Gasteiger partial charge on any atom is -0.231 e. The first-order valence-electron chi connectivity index (χ1n) is 5.56. The van der Waals surface area contributed by atoms with Crippen LogP contribution in [0.3, 0.4) is 0 Å². The van der Waals surface area contributed by atoms with Crippen LogP contribution < -0.4 is 0 Å². The van der Waals surface area contributed by atoms with Crippen LogP contribution in [0.1, 0.15) is 16.0 Å². The third kappa shape index (κ3) is 1.50. The maximum Gasteiger partial charge on any atom is 0.224 e. The van der Waals surface area contributed by atoms with Gasteiger partial charge in [-0.25, -0.2) is 4.58 Å². The van der Waals surface area contributed by atoms with E-state index in [9.17, 15) is 0 Å². The first-order chi connectivity index (χ1) is 7.86. The molecule has 1 aliphatic heterocycles. The zero-order chi connectivity index (χ0) is 11.0. The molecular weight excluding hydrogens is 214 g/mol. The Bertz CT molecular complexity index is 537. The van der Waals surface area contributed by atoms with Crippen molar-refractivity contribution in [3.8, 4) is 0 Å². The van der Waals surface area contributed by atoms with Gasteiger partial charge in [0, 0.05) is 12.0 Å². The van der Waals surface area contributed by atoms with Crippen LogP contribution in [0.25, 0.3) is 0 Å². The predicted molar refractivity (Wildman–Crippen MR) is 68.7 cm³/mol. The van der Waals surface area contributed by atoms with E-state index in [2.05, 4.69) is 53.4 Å². The average molecular weight is 228 g/mol. The van der Waals surface area contributed by atoms with Crippen LogP contribution >= 0.6 is 11.3 Å². The molecule has 2 heterocycles. The fraction of sp³-hybridized carbons (Fsp3) is 0.214. The van der Waals surface area contributed by atoms with E-state index in [4.69, 9.17) is 0 Å². The molecule has 1 aromatic carbocycles. The second-order valence-corrected chi connectivity index (χ2v) is 5.08. The lowest BCUT2D eigenvalue weighted by molar-refractivity contribution is -0.497. The standard InChI is InChI=1S/C14H14NS/c1-15-9-7-12-8-10-16-14(12)13(15)11-5-3-2-4-6-11/h2-6,8,10H,7,9H2,1H3/q+1. The summed E-state index contributed by atoms with van der Waals surface area (Å²) in [5, 5.41) is 2.20. The molecule has 16 heavy (non-hydrogen) atoms. The van der Waals surface area contributed by atoms with Gasteiger partial charge in [-0.1, -0.05) is 18.2 Å². The highest BCUT2D eigenvalue weighted by Crippen LogP contribution is 2.24. The summed E-state index contributed by atoms with van der Waals surface area (Å²) in [6, 6.07) is 12.9. The van der Waals surface area contributed by atoms with E-state index in [-0.39, 0.29) is 0 Å². The number of benzene rings is 1. The molecule has 0 unspecified atom stereocenters. The van der Waals surface area contributed by atoms with E-state index in [1.54, 1.807) is 0 Å². The van der Waals surface area contributed by atoms with E-state index in [1.807, 2.05) is 11.3 Å². The van der Waals surface area contributed by atoms with Crippen molar-refractivity contribution >= 4 is 17.0 Å². The van der Waals surface area contributed by atoms with Crippen molar-refractivity contribution in [2.24, 2.45) is 0 Å². The van der Waals surface area contributed by atoms with Gasteiger partial charge in [-0.2, -0.15) is 0 Å². The van der Waals surface area contributed by atoms with Crippen molar-refractivity contribution in [1.29, 1.82) is 0 Å². The van der Waals surface area contributed by atoms with Gasteiger partial charge in [-0.05, 0) is 29.1 Å². The van der Waals surface area contributed by atoms with Crippen molar-refractivity contribution in [1.82, 2.24) is 0 Å². The van der Waals surface area contributed by atoms with E-state index < -0.39 is 0 Å². The lowest BCUT2D eigenvalue weighted by Crippen LogP contribution is -2.26. The third-order valence-electron chi connectivity index (χ3n) is 3.11. The average Bonchev–Trinajstić information content (AvgIpc) is 2.78. The molecule has 1 aromatic heterocycles. The number of fused-ring (bicyclic) bond motifs is 1. The van der Waals surface area contributed by atoms with E-state index in [1.165, 1.54) is 28.1 Å². The van der Waals surface area contributed by atoms with E-state index in [0.29, 0.717) is 0 Å². The van der Waals surface area contributed by atoms with Crippen molar-refractivity contribution in [2.45, 2.75) is 6.42 Å². The zero-order valence-electron chi connectivity index (χ0n) is 9.31. The number of hydrogen-bond acceptors (Lipinski definition) is 1. The fourth-order valence-electron chi connectivity index (χ4n) is 2.26. The maximum atomic E-state index is 2.37. The zero-order valence-corrected chi connectivity index (χ0v) is 10.1. The molecule has 0 bridgehead atoms. The van der Waals surface area contributed by atoms with Crippen molar-refractivity contribution in [3.05, 3.63) is 57.8 Å². The van der Waals surface area contributed by atoms with Gasteiger partial charge in [0.25, 0.3) is 0 Å². The molecule has 3 rings (SSSR count). The van der Waals surface area contributed by atoms with Crippen molar-refractivity contribution in [3.63, 3.8) is 0 Å². The molecule has 0 saturated heterocycles. The van der Waals surface area contributed by atoms with Crippen molar-refractivity contribution < 1.29 is 4.58 Å². The van der Waals surface area contributed by atoms with Gasteiger partial charge < -0.3 is 0 Å². The smallest absolute Gasteiger partial charge is 0.224 e. The number of rotatable bonds is 1. The second-order valence-electron chi connectivity index (χ2n) is 4.16. The normalized spacial score (nSPS) is 15.1. The topological polar surface area (TPSA) is 3.01 Å². The molecule has 0 atom stereocenters. The molecular formula is C14H14NS+. The van der Waals surface area contributed by atoms with Gasteiger partial charge >= 0.3 is 0 Å². The summed E-state index contributed by atoms with van der Waals surface area (Å²) in [4.78, 5) is 1.44. The van der Waals surface area contributed by atoms with Gasteiger partial charge in [-0.3, -0.25) is 0 Å². The minimum atomic E-state index is 1.12. The van der Waals surface area contributed by atoms with Gasteiger partial charge in [0.15, 0.2) is 0 Å². The van der Waals surface area contributed by atoms with Crippen LogP contribution in [-0.4, -0.2) is 23.9 Å². The Morgan fingerprint density at radius 3 is 2.75 bits per heavy atom. The van der Waals surface area contributed by atoms with E-state index in [0.717, 1.165) is 6.54 Å². The number of nitrogens with zero attached hydrogens (tertiary/aromatic N) is 1. The Kier molecular flexibility index (Phi) is 2.37. The molecule has 1 nitrogen and oxygen atoms in total.